The van der Waals surface area contributed by atoms with Crippen LogP contribution in [0.25, 0.3) is 11.0 Å². The number of furan rings is 1. The minimum Gasteiger partial charge on any atom is -0.493 e. The average molecular weight is 205 g/mol. The minimum atomic E-state index is -0.0397. The van der Waals surface area contributed by atoms with Crippen LogP contribution < -0.4 is 10.5 Å². The van der Waals surface area contributed by atoms with E-state index in [1.165, 1.54) is 0 Å². The lowest BCUT2D eigenvalue weighted by molar-refractivity contribution is 0.404. The molecule has 0 saturated heterocycles. The molecule has 0 amide bonds. The fraction of sp³-hybridized carbons (Fsp3) is 0.333. The van der Waals surface area contributed by atoms with Gasteiger partial charge in [0.05, 0.1) is 13.2 Å². The first-order chi connectivity index (χ1) is 7.26. The van der Waals surface area contributed by atoms with Crippen LogP contribution in [-0.4, -0.2) is 7.11 Å². The van der Waals surface area contributed by atoms with Gasteiger partial charge < -0.3 is 14.9 Å². The molecule has 1 atom stereocenters. The highest BCUT2D eigenvalue weighted by atomic mass is 16.5. The molecule has 3 heteroatoms. The molecule has 1 aromatic heterocycles. The fourth-order valence-electron chi connectivity index (χ4n) is 1.60. The second kappa shape index (κ2) is 3.95. The lowest BCUT2D eigenvalue weighted by Gasteiger charge is -2.03. The van der Waals surface area contributed by atoms with Gasteiger partial charge in [0, 0.05) is 5.39 Å². The summed E-state index contributed by atoms with van der Waals surface area (Å²) in [6.07, 6.45) is 0.863. The van der Waals surface area contributed by atoms with Gasteiger partial charge in [-0.05, 0) is 18.6 Å². The Morgan fingerprint density at radius 2 is 2.27 bits per heavy atom. The number of hydrogen-bond acceptors (Lipinski definition) is 3. The molecular formula is C12H15NO2. The molecule has 3 nitrogen and oxygen atoms in total. The van der Waals surface area contributed by atoms with Crippen molar-refractivity contribution in [1.29, 1.82) is 0 Å². The minimum absolute atomic E-state index is 0.0397. The number of para-hydroxylation sites is 1. The Labute approximate surface area is 88.8 Å². The fourth-order valence-corrected chi connectivity index (χ4v) is 1.60. The van der Waals surface area contributed by atoms with Crippen molar-refractivity contribution in [2.45, 2.75) is 19.4 Å². The maximum absolute atomic E-state index is 5.92. The Kier molecular flexibility index (Phi) is 2.64. The summed E-state index contributed by atoms with van der Waals surface area (Å²) in [5.41, 5.74) is 6.69. The predicted octanol–water partition coefficient (Wildman–Crippen LogP) is 2.85. The van der Waals surface area contributed by atoms with Gasteiger partial charge in [0.25, 0.3) is 0 Å². The molecule has 0 saturated carbocycles. The molecular weight excluding hydrogens is 190 g/mol. The third kappa shape index (κ3) is 1.70. The van der Waals surface area contributed by atoms with Gasteiger partial charge in [0.1, 0.15) is 5.76 Å². The van der Waals surface area contributed by atoms with Crippen LogP contribution in [0.15, 0.2) is 28.7 Å². The molecule has 2 aromatic rings. The molecule has 80 valence electrons. The van der Waals surface area contributed by atoms with E-state index in [-0.39, 0.29) is 6.04 Å². The van der Waals surface area contributed by atoms with Gasteiger partial charge in [-0.15, -0.1) is 0 Å². The topological polar surface area (TPSA) is 48.4 Å². The second-order valence-corrected chi connectivity index (χ2v) is 3.54. The van der Waals surface area contributed by atoms with Crippen LogP contribution >= 0.6 is 0 Å². The van der Waals surface area contributed by atoms with Crippen molar-refractivity contribution in [2.75, 3.05) is 7.11 Å². The van der Waals surface area contributed by atoms with Crippen molar-refractivity contribution in [2.24, 2.45) is 5.73 Å². The summed E-state index contributed by atoms with van der Waals surface area (Å²) in [5, 5.41) is 1.04. The van der Waals surface area contributed by atoms with Crippen molar-refractivity contribution in [3.63, 3.8) is 0 Å². The van der Waals surface area contributed by atoms with E-state index in [4.69, 9.17) is 14.9 Å². The zero-order valence-corrected chi connectivity index (χ0v) is 8.99. The maximum Gasteiger partial charge on any atom is 0.176 e. The highest BCUT2D eigenvalue weighted by Gasteiger charge is 2.12. The van der Waals surface area contributed by atoms with Crippen LogP contribution in [0.2, 0.25) is 0 Å². The standard InChI is InChI=1S/C12H15NO2/c1-3-9(13)11-7-8-5-4-6-10(14-2)12(8)15-11/h4-7,9H,3,13H2,1-2H3. The summed E-state index contributed by atoms with van der Waals surface area (Å²) < 4.78 is 10.9. The first-order valence-corrected chi connectivity index (χ1v) is 5.08. The molecule has 0 spiro atoms. The van der Waals surface area contributed by atoms with Gasteiger partial charge in [-0.1, -0.05) is 19.1 Å². The van der Waals surface area contributed by atoms with Crippen molar-refractivity contribution in [3.8, 4) is 5.75 Å². The van der Waals surface area contributed by atoms with Gasteiger partial charge in [-0.25, -0.2) is 0 Å². The molecule has 0 bridgehead atoms. The monoisotopic (exact) mass is 205 g/mol. The van der Waals surface area contributed by atoms with Gasteiger partial charge >= 0.3 is 0 Å². The molecule has 0 aliphatic carbocycles. The largest absolute Gasteiger partial charge is 0.493 e. The van der Waals surface area contributed by atoms with Crippen molar-refractivity contribution in [1.82, 2.24) is 0 Å². The summed E-state index contributed by atoms with van der Waals surface area (Å²) in [7, 11) is 1.64. The highest BCUT2D eigenvalue weighted by molar-refractivity contribution is 5.83. The van der Waals surface area contributed by atoms with E-state index in [1.807, 2.05) is 31.2 Å². The van der Waals surface area contributed by atoms with Crippen LogP contribution in [0.3, 0.4) is 0 Å². The van der Waals surface area contributed by atoms with Gasteiger partial charge in [-0.2, -0.15) is 0 Å². The summed E-state index contributed by atoms with van der Waals surface area (Å²) in [5.74, 6) is 1.57. The molecule has 0 radical (unpaired) electrons. The lowest BCUT2D eigenvalue weighted by atomic mass is 10.1. The predicted molar refractivity (Wildman–Crippen MR) is 60.0 cm³/mol. The summed E-state index contributed by atoms with van der Waals surface area (Å²) in [6, 6.07) is 7.76. The number of hydrogen-bond donors (Lipinski definition) is 1. The quantitative estimate of drug-likeness (QED) is 0.838. The molecule has 2 rings (SSSR count). The Bertz CT molecular complexity index is 462. The van der Waals surface area contributed by atoms with E-state index < -0.39 is 0 Å². The zero-order chi connectivity index (χ0) is 10.8. The number of nitrogens with two attached hydrogens (primary N) is 1. The van der Waals surface area contributed by atoms with Gasteiger partial charge in [0.15, 0.2) is 11.3 Å². The van der Waals surface area contributed by atoms with E-state index >= 15 is 0 Å². The van der Waals surface area contributed by atoms with E-state index in [0.717, 1.165) is 28.9 Å². The average Bonchev–Trinajstić information content (AvgIpc) is 2.71. The van der Waals surface area contributed by atoms with Crippen LogP contribution in [-0.2, 0) is 0 Å². The normalized spacial score (nSPS) is 13.0. The Balaban J connectivity index is 2.55. The van der Waals surface area contributed by atoms with Crippen molar-refractivity contribution < 1.29 is 9.15 Å². The lowest BCUT2D eigenvalue weighted by Crippen LogP contribution is -2.06. The number of methoxy groups -OCH3 is 1. The molecule has 2 N–H and O–H groups in total. The number of rotatable bonds is 3. The van der Waals surface area contributed by atoms with Crippen LogP contribution in [0.1, 0.15) is 25.1 Å². The number of fused-ring (bicyclic) bond motifs is 1. The number of benzene rings is 1. The highest BCUT2D eigenvalue weighted by Crippen LogP contribution is 2.30. The molecule has 15 heavy (non-hydrogen) atoms. The Hall–Kier alpha value is -1.48. The first kappa shape index (κ1) is 10.1. The Morgan fingerprint density at radius 3 is 2.93 bits per heavy atom. The molecule has 1 heterocycles. The second-order valence-electron chi connectivity index (χ2n) is 3.54. The zero-order valence-electron chi connectivity index (χ0n) is 8.99. The van der Waals surface area contributed by atoms with E-state index in [1.54, 1.807) is 7.11 Å². The third-order valence-corrected chi connectivity index (χ3v) is 2.55. The molecule has 0 aliphatic heterocycles. The van der Waals surface area contributed by atoms with Crippen LogP contribution in [0.4, 0.5) is 0 Å². The van der Waals surface area contributed by atoms with Gasteiger partial charge in [0.2, 0.25) is 0 Å². The summed E-state index contributed by atoms with van der Waals surface area (Å²) in [6.45, 7) is 2.04. The summed E-state index contributed by atoms with van der Waals surface area (Å²) in [4.78, 5) is 0. The SMILES string of the molecule is CCC(N)c1cc2cccc(OC)c2o1. The van der Waals surface area contributed by atoms with E-state index in [0.29, 0.717) is 0 Å². The number of ether oxygens (including phenoxy) is 1. The maximum atomic E-state index is 5.92. The molecule has 1 aromatic carbocycles. The van der Waals surface area contributed by atoms with Crippen molar-refractivity contribution >= 4 is 11.0 Å². The molecule has 1 unspecified atom stereocenters. The Morgan fingerprint density at radius 1 is 1.47 bits per heavy atom. The third-order valence-electron chi connectivity index (χ3n) is 2.55. The van der Waals surface area contributed by atoms with Crippen molar-refractivity contribution in [3.05, 3.63) is 30.0 Å². The van der Waals surface area contributed by atoms with E-state index in [2.05, 4.69) is 0 Å². The van der Waals surface area contributed by atoms with Crippen LogP contribution in [0.5, 0.6) is 5.75 Å². The molecule has 0 fully saturated rings. The first-order valence-electron chi connectivity index (χ1n) is 5.08. The van der Waals surface area contributed by atoms with E-state index in [9.17, 15) is 0 Å². The molecule has 0 aliphatic rings. The van der Waals surface area contributed by atoms with Gasteiger partial charge in [-0.3, -0.25) is 0 Å². The van der Waals surface area contributed by atoms with Crippen LogP contribution in [0, 0.1) is 0 Å². The smallest absolute Gasteiger partial charge is 0.176 e. The summed E-state index contributed by atoms with van der Waals surface area (Å²) >= 11 is 0.